The van der Waals surface area contributed by atoms with Crippen LogP contribution < -0.4 is 5.32 Å². The molecule has 0 radical (unpaired) electrons. The number of oxime groups is 1. The van der Waals surface area contributed by atoms with Gasteiger partial charge in [-0.3, -0.25) is 0 Å². The molecule has 2 aromatic rings. The van der Waals surface area contributed by atoms with Crippen LogP contribution in [0.15, 0.2) is 53.7 Å². The van der Waals surface area contributed by atoms with Gasteiger partial charge in [0, 0.05) is 34.0 Å². The summed E-state index contributed by atoms with van der Waals surface area (Å²) in [6, 6.07) is 15.7. The van der Waals surface area contributed by atoms with Crippen LogP contribution in [0.5, 0.6) is 0 Å². The van der Waals surface area contributed by atoms with E-state index in [0.29, 0.717) is 10.0 Å². The first-order chi connectivity index (χ1) is 11.5. The fourth-order valence-corrected chi connectivity index (χ4v) is 3.78. The third kappa shape index (κ3) is 3.30. The smallest absolute Gasteiger partial charge is 0.0664 e. The minimum atomic E-state index is 0.0463. The van der Waals surface area contributed by atoms with Crippen molar-refractivity contribution in [3.8, 4) is 0 Å². The van der Waals surface area contributed by atoms with E-state index in [9.17, 15) is 5.21 Å². The number of hydrogen-bond acceptors (Lipinski definition) is 3. The minimum Gasteiger partial charge on any atom is -0.411 e. The number of rotatable bonds is 2. The molecule has 1 aliphatic rings. The Bertz CT molecular complexity index is 669. The SMILES string of the molecule is C[C@@H]1C(=NO)[C@@H](C)[C@@H](c2ccc(Cl)cc2)N[C@@H]1c1ccc(Cl)cc1. The number of nitrogens with one attached hydrogen (secondary N) is 1. The first-order valence-electron chi connectivity index (χ1n) is 8.00. The summed E-state index contributed by atoms with van der Waals surface area (Å²) >= 11 is 12.0. The Morgan fingerprint density at radius 1 is 0.792 bits per heavy atom. The van der Waals surface area contributed by atoms with E-state index in [-0.39, 0.29) is 23.9 Å². The summed E-state index contributed by atoms with van der Waals surface area (Å²) in [4.78, 5) is 0. The Balaban J connectivity index is 1.98. The summed E-state index contributed by atoms with van der Waals surface area (Å²) in [6.45, 7) is 4.16. The van der Waals surface area contributed by atoms with Crippen LogP contribution in [0, 0.1) is 11.8 Å². The molecule has 2 N–H and O–H groups in total. The van der Waals surface area contributed by atoms with Crippen LogP contribution in [-0.2, 0) is 0 Å². The maximum atomic E-state index is 9.57. The van der Waals surface area contributed by atoms with Gasteiger partial charge in [0.05, 0.1) is 5.71 Å². The van der Waals surface area contributed by atoms with Crippen LogP contribution in [0.25, 0.3) is 0 Å². The third-order valence-electron chi connectivity index (χ3n) is 4.87. The minimum absolute atomic E-state index is 0.0463. The van der Waals surface area contributed by atoms with Crippen molar-refractivity contribution in [1.29, 1.82) is 0 Å². The summed E-state index contributed by atoms with van der Waals surface area (Å²) in [5.41, 5.74) is 3.05. The lowest BCUT2D eigenvalue weighted by Crippen LogP contribution is -2.46. The zero-order valence-corrected chi connectivity index (χ0v) is 15.1. The highest BCUT2D eigenvalue weighted by Crippen LogP contribution is 2.39. The van der Waals surface area contributed by atoms with Crippen molar-refractivity contribution in [2.75, 3.05) is 0 Å². The lowest BCUT2D eigenvalue weighted by molar-refractivity contribution is 0.271. The highest BCUT2D eigenvalue weighted by atomic mass is 35.5. The molecule has 3 nitrogen and oxygen atoms in total. The molecule has 1 aliphatic heterocycles. The average Bonchev–Trinajstić information content (AvgIpc) is 2.58. The Morgan fingerprint density at radius 3 is 1.50 bits per heavy atom. The third-order valence-corrected chi connectivity index (χ3v) is 5.37. The van der Waals surface area contributed by atoms with Crippen molar-refractivity contribution >= 4 is 28.9 Å². The monoisotopic (exact) mass is 362 g/mol. The van der Waals surface area contributed by atoms with Crippen molar-refractivity contribution in [1.82, 2.24) is 5.32 Å². The van der Waals surface area contributed by atoms with Gasteiger partial charge in [-0.2, -0.15) is 0 Å². The molecule has 2 aromatic carbocycles. The molecule has 0 bridgehead atoms. The van der Waals surface area contributed by atoms with Crippen molar-refractivity contribution in [2.45, 2.75) is 25.9 Å². The second-order valence-electron chi connectivity index (χ2n) is 6.33. The number of hydrogen-bond donors (Lipinski definition) is 2. The molecule has 1 heterocycles. The van der Waals surface area contributed by atoms with Gasteiger partial charge in [-0.05, 0) is 35.4 Å². The lowest BCUT2D eigenvalue weighted by Gasteiger charge is -2.41. The molecule has 0 saturated carbocycles. The first-order valence-corrected chi connectivity index (χ1v) is 8.75. The van der Waals surface area contributed by atoms with Gasteiger partial charge in [0.15, 0.2) is 0 Å². The van der Waals surface area contributed by atoms with Crippen molar-refractivity contribution in [3.05, 3.63) is 69.7 Å². The molecule has 0 aliphatic carbocycles. The molecule has 0 aromatic heterocycles. The van der Waals surface area contributed by atoms with Crippen LogP contribution in [0.2, 0.25) is 10.0 Å². The number of benzene rings is 2. The van der Waals surface area contributed by atoms with Gasteiger partial charge in [0.1, 0.15) is 0 Å². The maximum absolute atomic E-state index is 9.57. The first kappa shape index (κ1) is 17.3. The predicted octanol–water partition coefficient (Wildman–Crippen LogP) is 5.48. The van der Waals surface area contributed by atoms with E-state index < -0.39 is 0 Å². The molecule has 24 heavy (non-hydrogen) atoms. The van der Waals surface area contributed by atoms with E-state index in [1.54, 1.807) is 0 Å². The summed E-state index contributed by atoms with van der Waals surface area (Å²) in [5, 5.41) is 18.3. The van der Waals surface area contributed by atoms with Gasteiger partial charge < -0.3 is 10.5 Å². The number of halogens is 2. The Hall–Kier alpha value is -1.55. The van der Waals surface area contributed by atoms with E-state index in [2.05, 4.69) is 24.3 Å². The Kier molecular flexibility index (Phi) is 5.14. The average molecular weight is 363 g/mol. The van der Waals surface area contributed by atoms with Crippen LogP contribution >= 0.6 is 23.2 Å². The molecular weight excluding hydrogens is 343 g/mol. The predicted molar refractivity (Wildman–Crippen MR) is 99.1 cm³/mol. The lowest BCUT2D eigenvalue weighted by atomic mass is 9.75. The molecule has 1 fully saturated rings. The molecule has 3 rings (SSSR count). The molecule has 126 valence electrons. The normalized spacial score (nSPS) is 27.1. The second kappa shape index (κ2) is 7.14. The molecule has 0 unspecified atom stereocenters. The van der Waals surface area contributed by atoms with Crippen LogP contribution in [0.1, 0.15) is 37.1 Å². The fourth-order valence-electron chi connectivity index (χ4n) is 3.53. The van der Waals surface area contributed by atoms with Gasteiger partial charge in [0.25, 0.3) is 0 Å². The Morgan fingerprint density at radius 2 is 1.17 bits per heavy atom. The van der Waals surface area contributed by atoms with Gasteiger partial charge in [-0.25, -0.2) is 0 Å². The topological polar surface area (TPSA) is 44.6 Å². The van der Waals surface area contributed by atoms with Crippen LogP contribution in [0.3, 0.4) is 0 Å². The Labute approximate surface area is 152 Å². The number of nitrogens with zero attached hydrogens (tertiary/aromatic N) is 1. The summed E-state index contributed by atoms with van der Waals surface area (Å²) in [7, 11) is 0. The van der Waals surface area contributed by atoms with Crippen molar-refractivity contribution < 1.29 is 5.21 Å². The molecule has 1 saturated heterocycles. The van der Waals surface area contributed by atoms with Crippen LogP contribution in [-0.4, -0.2) is 10.9 Å². The van der Waals surface area contributed by atoms with Crippen molar-refractivity contribution in [2.24, 2.45) is 17.0 Å². The van der Waals surface area contributed by atoms with Gasteiger partial charge in [-0.1, -0.05) is 66.5 Å². The molecule has 0 amide bonds. The van der Waals surface area contributed by atoms with Gasteiger partial charge in [0.2, 0.25) is 0 Å². The summed E-state index contributed by atoms with van der Waals surface area (Å²) in [5.74, 6) is 0.157. The maximum Gasteiger partial charge on any atom is 0.0664 e. The zero-order valence-electron chi connectivity index (χ0n) is 13.6. The van der Waals surface area contributed by atoms with Gasteiger partial charge in [-0.15, -0.1) is 0 Å². The van der Waals surface area contributed by atoms with E-state index >= 15 is 0 Å². The zero-order chi connectivity index (χ0) is 17.3. The molecule has 4 atom stereocenters. The summed E-state index contributed by atoms with van der Waals surface area (Å²) in [6.07, 6.45) is 0. The number of piperidine rings is 1. The van der Waals surface area contributed by atoms with E-state index in [1.807, 2.05) is 48.5 Å². The van der Waals surface area contributed by atoms with Crippen molar-refractivity contribution in [3.63, 3.8) is 0 Å². The summed E-state index contributed by atoms with van der Waals surface area (Å²) < 4.78 is 0. The second-order valence-corrected chi connectivity index (χ2v) is 7.20. The van der Waals surface area contributed by atoms with E-state index in [1.165, 1.54) is 0 Å². The van der Waals surface area contributed by atoms with E-state index in [0.717, 1.165) is 16.8 Å². The quantitative estimate of drug-likeness (QED) is 0.548. The highest BCUT2D eigenvalue weighted by Gasteiger charge is 2.39. The van der Waals surface area contributed by atoms with Crippen LogP contribution in [0.4, 0.5) is 0 Å². The molecular formula is C19H20Cl2N2O. The standard InChI is InChI=1S/C19H20Cl2N2O/c1-11-17(23-24)12(2)19(14-5-9-16(21)10-6-14)22-18(11)13-3-7-15(20)8-4-13/h3-12,18-19,22,24H,1-2H3/t11-,12-,18+,19+/m1/s1. The fraction of sp³-hybridized carbons (Fsp3) is 0.316. The largest absolute Gasteiger partial charge is 0.411 e. The highest BCUT2D eigenvalue weighted by molar-refractivity contribution is 6.30. The molecule has 0 spiro atoms. The molecule has 5 heteroatoms. The van der Waals surface area contributed by atoms with E-state index in [4.69, 9.17) is 23.2 Å². The van der Waals surface area contributed by atoms with Gasteiger partial charge >= 0.3 is 0 Å².